The van der Waals surface area contributed by atoms with Gasteiger partial charge in [0.05, 0.1) is 12.4 Å². The molecule has 0 fully saturated rings. The number of hydrogen-bond acceptors (Lipinski definition) is 5. The fourth-order valence-electron chi connectivity index (χ4n) is 1.92. The molecule has 0 saturated heterocycles. The second kappa shape index (κ2) is 6.83. The summed E-state index contributed by atoms with van der Waals surface area (Å²) in [5, 5.41) is 13.6. The molecule has 9 heteroatoms. The molecule has 0 atom stereocenters. The van der Waals surface area contributed by atoms with Crippen LogP contribution in [0.25, 0.3) is 0 Å². The van der Waals surface area contributed by atoms with Crippen molar-refractivity contribution < 1.29 is 8.42 Å². The smallest absolute Gasteiger partial charge is 0.257 e. The van der Waals surface area contributed by atoms with Crippen molar-refractivity contribution in [1.82, 2.24) is 30.0 Å². The first-order valence-corrected chi connectivity index (χ1v) is 8.21. The Morgan fingerprint density at radius 3 is 2.86 bits per heavy atom. The number of H-pyrrole nitrogens is 1. The van der Waals surface area contributed by atoms with E-state index in [2.05, 4.69) is 25.3 Å². The first-order chi connectivity index (χ1) is 10.0. The molecule has 2 rings (SSSR count). The van der Waals surface area contributed by atoms with Crippen LogP contribution in [0.15, 0.2) is 23.6 Å². The number of aromatic nitrogens is 4. The summed E-state index contributed by atoms with van der Waals surface area (Å²) in [6, 6.07) is 0. The molecule has 3 N–H and O–H groups in total. The van der Waals surface area contributed by atoms with E-state index in [-0.39, 0.29) is 5.03 Å². The topological polar surface area (TPSA) is 105 Å². The molecule has 0 unspecified atom stereocenters. The number of nitrogens with one attached hydrogen (secondary N) is 3. The Kier molecular flexibility index (Phi) is 5.10. The predicted molar refractivity (Wildman–Crippen MR) is 78.1 cm³/mol. The van der Waals surface area contributed by atoms with E-state index < -0.39 is 10.0 Å². The summed E-state index contributed by atoms with van der Waals surface area (Å²) in [4.78, 5) is 0. The average molecular weight is 312 g/mol. The lowest BCUT2D eigenvalue weighted by Crippen LogP contribution is -2.27. The van der Waals surface area contributed by atoms with E-state index in [0.29, 0.717) is 25.1 Å². The summed E-state index contributed by atoms with van der Waals surface area (Å²) in [5.74, 6) is 0. The van der Waals surface area contributed by atoms with Crippen molar-refractivity contribution >= 4 is 10.0 Å². The maximum Gasteiger partial charge on any atom is 0.257 e. The average Bonchev–Trinajstić information content (AvgIpc) is 3.05. The zero-order valence-corrected chi connectivity index (χ0v) is 12.9. The second-order valence-corrected chi connectivity index (χ2v) is 6.38. The van der Waals surface area contributed by atoms with Gasteiger partial charge < -0.3 is 5.32 Å². The molecule has 116 valence electrons. The highest BCUT2D eigenvalue weighted by molar-refractivity contribution is 7.89. The Labute approximate surface area is 124 Å². The van der Waals surface area contributed by atoms with Crippen LogP contribution < -0.4 is 10.0 Å². The zero-order valence-electron chi connectivity index (χ0n) is 12.1. The number of aryl methyl sites for hydroxylation is 1. The summed E-state index contributed by atoms with van der Waals surface area (Å²) in [6.45, 7) is 3.50. The molecule has 0 aromatic carbocycles. The quantitative estimate of drug-likeness (QED) is 0.625. The Balaban J connectivity index is 1.96. The SMILES string of the molecule is CCNCc1cn[nH]c1S(=O)(=O)NCCc1cnn(C)c1. The van der Waals surface area contributed by atoms with E-state index >= 15 is 0 Å². The van der Waals surface area contributed by atoms with Crippen LogP contribution in [-0.4, -0.2) is 41.5 Å². The van der Waals surface area contributed by atoms with Gasteiger partial charge in [-0.3, -0.25) is 9.78 Å². The lowest BCUT2D eigenvalue weighted by molar-refractivity contribution is 0.574. The molecule has 2 aromatic heterocycles. The number of aromatic amines is 1. The standard InChI is InChI=1S/C12H20N6O2S/c1-3-13-7-11-8-14-17-12(11)21(19,20)16-5-4-10-6-15-18(2)9-10/h6,8-9,13,16H,3-5,7H2,1-2H3,(H,14,17). The van der Waals surface area contributed by atoms with Gasteiger partial charge in [0.15, 0.2) is 5.03 Å². The summed E-state index contributed by atoms with van der Waals surface area (Å²) >= 11 is 0. The second-order valence-electron chi connectivity index (χ2n) is 4.67. The summed E-state index contributed by atoms with van der Waals surface area (Å²) < 4.78 is 28.7. The van der Waals surface area contributed by atoms with Crippen LogP contribution >= 0.6 is 0 Å². The van der Waals surface area contributed by atoms with Crippen molar-refractivity contribution in [2.24, 2.45) is 7.05 Å². The van der Waals surface area contributed by atoms with Gasteiger partial charge in [0.2, 0.25) is 0 Å². The van der Waals surface area contributed by atoms with Crippen molar-refractivity contribution in [2.45, 2.75) is 24.9 Å². The van der Waals surface area contributed by atoms with Gasteiger partial charge in [-0.1, -0.05) is 6.92 Å². The third-order valence-corrected chi connectivity index (χ3v) is 4.45. The van der Waals surface area contributed by atoms with Gasteiger partial charge in [0.1, 0.15) is 0 Å². The maximum atomic E-state index is 12.2. The minimum atomic E-state index is -3.58. The highest BCUT2D eigenvalue weighted by atomic mass is 32.2. The molecule has 0 aliphatic carbocycles. The molecule has 0 aliphatic heterocycles. The van der Waals surface area contributed by atoms with E-state index in [1.165, 1.54) is 6.20 Å². The Bertz CT molecular complexity index is 675. The first-order valence-electron chi connectivity index (χ1n) is 6.73. The molecule has 21 heavy (non-hydrogen) atoms. The van der Waals surface area contributed by atoms with Crippen LogP contribution in [-0.2, 0) is 30.0 Å². The van der Waals surface area contributed by atoms with Gasteiger partial charge in [-0.2, -0.15) is 10.2 Å². The van der Waals surface area contributed by atoms with Gasteiger partial charge in [0.25, 0.3) is 10.0 Å². The molecule has 0 saturated carbocycles. The van der Waals surface area contributed by atoms with Gasteiger partial charge in [-0.15, -0.1) is 0 Å². The normalized spacial score (nSPS) is 11.9. The third kappa shape index (κ3) is 4.13. The van der Waals surface area contributed by atoms with E-state index in [0.717, 1.165) is 12.1 Å². The highest BCUT2D eigenvalue weighted by Crippen LogP contribution is 2.11. The fraction of sp³-hybridized carbons (Fsp3) is 0.500. The molecule has 0 amide bonds. The maximum absolute atomic E-state index is 12.2. The van der Waals surface area contributed by atoms with Crippen LogP contribution in [0.2, 0.25) is 0 Å². The van der Waals surface area contributed by atoms with Crippen LogP contribution in [0.3, 0.4) is 0 Å². The van der Waals surface area contributed by atoms with E-state index in [1.54, 1.807) is 10.9 Å². The summed E-state index contributed by atoms with van der Waals surface area (Å²) in [7, 11) is -1.75. The number of rotatable bonds is 8. The van der Waals surface area contributed by atoms with Gasteiger partial charge in [-0.25, -0.2) is 13.1 Å². The van der Waals surface area contributed by atoms with Crippen molar-refractivity contribution in [1.29, 1.82) is 0 Å². The van der Waals surface area contributed by atoms with Crippen LogP contribution in [0, 0.1) is 0 Å². The van der Waals surface area contributed by atoms with E-state index in [9.17, 15) is 8.42 Å². The van der Waals surface area contributed by atoms with Gasteiger partial charge in [0, 0.05) is 31.9 Å². The minimum Gasteiger partial charge on any atom is -0.313 e. The van der Waals surface area contributed by atoms with Crippen molar-refractivity contribution in [2.75, 3.05) is 13.1 Å². The van der Waals surface area contributed by atoms with E-state index in [1.807, 2.05) is 20.2 Å². The molecule has 8 nitrogen and oxygen atoms in total. The molecule has 0 aliphatic rings. The first kappa shape index (κ1) is 15.7. The summed E-state index contributed by atoms with van der Waals surface area (Å²) in [6.07, 6.45) is 5.70. The lowest BCUT2D eigenvalue weighted by atomic mass is 10.3. The van der Waals surface area contributed by atoms with Crippen molar-refractivity contribution in [3.8, 4) is 0 Å². The van der Waals surface area contributed by atoms with Crippen LogP contribution in [0.1, 0.15) is 18.1 Å². The Morgan fingerprint density at radius 1 is 1.38 bits per heavy atom. The largest absolute Gasteiger partial charge is 0.313 e. The molecular formula is C12H20N6O2S. The molecular weight excluding hydrogens is 292 g/mol. The Hall–Kier alpha value is -1.71. The predicted octanol–water partition coefficient (Wildman–Crippen LogP) is -0.226. The molecule has 2 aromatic rings. The van der Waals surface area contributed by atoms with E-state index in [4.69, 9.17) is 0 Å². The fourth-order valence-corrected chi connectivity index (χ4v) is 3.08. The highest BCUT2D eigenvalue weighted by Gasteiger charge is 2.20. The molecule has 0 radical (unpaired) electrons. The van der Waals surface area contributed by atoms with Crippen LogP contribution in [0.5, 0.6) is 0 Å². The van der Waals surface area contributed by atoms with Crippen molar-refractivity contribution in [3.63, 3.8) is 0 Å². The zero-order chi connectivity index (χ0) is 15.3. The third-order valence-electron chi connectivity index (χ3n) is 2.98. The number of hydrogen-bond donors (Lipinski definition) is 3. The molecule has 2 heterocycles. The molecule has 0 bridgehead atoms. The number of sulfonamides is 1. The summed E-state index contributed by atoms with van der Waals surface area (Å²) in [5.41, 5.74) is 1.61. The lowest BCUT2D eigenvalue weighted by Gasteiger charge is -2.07. The number of nitrogens with zero attached hydrogens (tertiary/aromatic N) is 3. The van der Waals surface area contributed by atoms with Gasteiger partial charge >= 0.3 is 0 Å². The Morgan fingerprint density at radius 2 is 2.19 bits per heavy atom. The van der Waals surface area contributed by atoms with Gasteiger partial charge in [-0.05, 0) is 18.5 Å². The van der Waals surface area contributed by atoms with Crippen molar-refractivity contribution in [3.05, 3.63) is 29.7 Å². The van der Waals surface area contributed by atoms with Crippen LogP contribution in [0.4, 0.5) is 0 Å². The minimum absolute atomic E-state index is 0.120. The molecule has 0 spiro atoms. The monoisotopic (exact) mass is 312 g/mol.